The van der Waals surface area contributed by atoms with Gasteiger partial charge in [-0.25, -0.2) is 4.68 Å². The largest absolute Gasteiger partial charge is 0.491 e. The van der Waals surface area contributed by atoms with Crippen molar-refractivity contribution in [2.45, 2.75) is 50.3 Å². The average Bonchev–Trinajstić information content (AvgIpc) is 3.09. The van der Waals surface area contributed by atoms with Crippen LogP contribution >= 0.6 is 0 Å². The zero-order valence-corrected chi connectivity index (χ0v) is 14.9. The Morgan fingerprint density at radius 1 is 1.33 bits per heavy atom. The topological polar surface area (TPSA) is 89.2 Å². The van der Waals surface area contributed by atoms with E-state index < -0.39 is 0 Å². The van der Waals surface area contributed by atoms with Crippen LogP contribution in [0.3, 0.4) is 0 Å². The lowest BCUT2D eigenvalue weighted by Crippen LogP contribution is -2.46. The first kappa shape index (κ1) is 16.2. The van der Waals surface area contributed by atoms with Crippen LogP contribution in [0.25, 0.3) is 0 Å². The number of amides is 1. The Labute approximate surface area is 156 Å². The van der Waals surface area contributed by atoms with Gasteiger partial charge in [-0.15, -0.1) is 0 Å². The van der Waals surface area contributed by atoms with Crippen molar-refractivity contribution >= 4 is 5.91 Å². The van der Waals surface area contributed by atoms with Gasteiger partial charge in [0.15, 0.2) is 5.69 Å². The average molecular weight is 364 g/mol. The molecule has 1 N–H and O–H groups in total. The number of benzene rings is 1. The minimum Gasteiger partial charge on any atom is -0.491 e. The molecule has 1 fully saturated rings. The lowest BCUT2D eigenvalue weighted by atomic mass is 9.77. The summed E-state index contributed by atoms with van der Waals surface area (Å²) in [7, 11) is 0. The summed E-state index contributed by atoms with van der Waals surface area (Å²) in [5, 5.41) is 16.5. The van der Waals surface area contributed by atoms with Crippen LogP contribution in [-0.4, -0.2) is 33.9 Å². The molecule has 7 nitrogen and oxygen atoms in total. The minimum atomic E-state index is -0.225. The van der Waals surface area contributed by atoms with Gasteiger partial charge in [-0.2, -0.15) is 10.4 Å². The smallest absolute Gasteiger partial charge is 0.272 e. The van der Waals surface area contributed by atoms with Gasteiger partial charge in [0.2, 0.25) is 5.88 Å². The van der Waals surface area contributed by atoms with Crippen LogP contribution in [0.5, 0.6) is 11.6 Å². The van der Waals surface area contributed by atoms with Gasteiger partial charge in [0, 0.05) is 19.0 Å². The Morgan fingerprint density at radius 3 is 3.00 bits per heavy atom. The van der Waals surface area contributed by atoms with E-state index in [4.69, 9.17) is 14.7 Å². The van der Waals surface area contributed by atoms with E-state index >= 15 is 0 Å². The predicted octanol–water partition coefficient (Wildman–Crippen LogP) is 2.19. The quantitative estimate of drug-likeness (QED) is 0.882. The Kier molecular flexibility index (Phi) is 3.61. The molecule has 3 heterocycles. The molecule has 1 saturated carbocycles. The van der Waals surface area contributed by atoms with Crippen molar-refractivity contribution in [3.8, 4) is 17.7 Å². The predicted molar refractivity (Wildman–Crippen MR) is 95.7 cm³/mol. The summed E-state index contributed by atoms with van der Waals surface area (Å²) in [5.74, 6) is 1.24. The molecule has 1 atom stereocenters. The molecule has 1 aliphatic carbocycles. The van der Waals surface area contributed by atoms with Gasteiger partial charge in [-0.1, -0.05) is 0 Å². The van der Waals surface area contributed by atoms with Crippen molar-refractivity contribution in [1.82, 2.24) is 15.1 Å². The van der Waals surface area contributed by atoms with Crippen molar-refractivity contribution in [2.24, 2.45) is 0 Å². The molecule has 1 aromatic carbocycles. The van der Waals surface area contributed by atoms with Gasteiger partial charge in [-0.05, 0) is 49.4 Å². The molecule has 7 heteroatoms. The van der Waals surface area contributed by atoms with E-state index in [-0.39, 0.29) is 17.6 Å². The Balaban J connectivity index is 1.28. The number of ether oxygens (including phenoxy) is 2. The lowest BCUT2D eigenvalue weighted by Gasteiger charge is -2.44. The second kappa shape index (κ2) is 6.02. The van der Waals surface area contributed by atoms with Crippen molar-refractivity contribution in [1.29, 1.82) is 5.26 Å². The third-order valence-corrected chi connectivity index (χ3v) is 5.77. The van der Waals surface area contributed by atoms with E-state index in [9.17, 15) is 4.79 Å². The van der Waals surface area contributed by atoms with Crippen molar-refractivity contribution in [3.05, 3.63) is 41.1 Å². The summed E-state index contributed by atoms with van der Waals surface area (Å²) in [6.45, 7) is 1.19. The molecular weight excluding hydrogens is 344 g/mol. The number of nitrogens with zero attached hydrogens (tertiary/aromatic N) is 3. The highest BCUT2D eigenvalue weighted by Gasteiger charge is 2.42. The van der Waals surface area contributed by atoms with Crippen LogP contribution in [0, 0.1) is 11.3 Å². The first-order chi connectivity index (χ1) is 13.1. The maximum atomic E-state index is 12.7. The second-order valence-corrected chi connectivity index (χ2v) is 7.60. The molecule has 27 heavy (non-hydrogen) atoms. The first-order valence-electron chi connectivity index (χ1n) is 9.38. The van der Waals surface area contributed by atoms with Crippen LogP contribution in [-0.2, 0) is 13.0 Å². The molecule has 138 valence electrons. The SMILES string of the molecule is N#Cc1ccc2c(c1)C[C@@H](NC(=O)c1cc3n(n1)CCC1(CCC1)O3)CO2. The number of nitriles is 1. The van der Waals surface area contributed by atoms with E-state index in [1.54, 1.807) is 16.8 Å². The minimum absolute atomic E-state index is 0.0247. The molecule has 0 saturated heterocycles. The molecular formula is C20H20N4O3. The third-order valence-electron chi connectivity index (χ3n) is 5.77. The van der Waals surface area contributed by atoms with Crippen LogP contribution in [0.4, 0.5) is 0 Å². The zero-order valence-electron chi connectivity index (χ0n) is 14.9. The fraction of sp³-hybridized carbons (Fsp3) is 0.450. The molecule has 1 spiro atoms. The van der Waals surface area contributed by atoms with Crippen LogP contribution < -0.4 is 14.8 Å². The molecule has 1 aromatic heterocycles. The second-order valence-electron chi connectivity index (χ2n) is 7.60. The Hall–Kier alpha value is -3.01. The number of hydrogen-bond donors (Lipinski definition) is 1. The molecule has 0 radical (unpaired) electrons. The summed E-state index contributed by atoms with van der Waals surface area (Å²) in [5.41, 5.74) is 1.87. The van der Waals surface area contributed by atoms with Gasteiger partial charge >= 0.3 is 0 Å². The fourth-order valence-electron chi connectivity index (χ4n) is 4.07. The number of carbonyl (C=O) groups is 1. The highest BCUT2D eigenvalue weighted by Crippen LogP contribution is 2.42. The van der Waals surface area contributed by atoms with E-state index in [0.717, 1.165) is 37.1 Å². The van der Waals surface area contributed by atoms with Gasteiger partial charge in [0.1, 0.15) is 18.0 Å². The molecule has 2 aliphatic heterocycles. The lowest BCUT2D eigenvalue weighted by molar-refractivity contribution is -0.0449. The van der Waals surface area contributed by atoms with Crippen molar-refractivity contribution in [2.75, 3.05) is 6.61 Å². The third kappa shape index (κ3) is 2.81. The van der Waals surface area contributed by atoms with E-state index in [2.05, 4.69) is 16.5 Å². The standard InChI is InChI=1S/C20H20N4O3/c21-11-13-2-3-17-14(8-13)9-15(12-26-17)22-19(25)16-10-18-24(23-16)7-6-20(27-18)4-1-5-20/h2-3,8,10,15H,1,4-7,9,12H2,(H,22,25)/t15-/m1/s1. The summed E-state index contributed by atoms with van der Waals surface area (Å²) in [6.07, 6.45) is 4.96. The molecule has 2 aromatic rings. The van der Waals surface area contributed by atoms with Gasteiger partial charge in [0.25, 0.3) is 5.91 Å². The number of carbonyl (C=O) groups excluding carboxylic acids is 1. The monoisotopic (exact) mass is 364 g/mol. The number of aromatic nitrogens is 2. The van der Waals surface area contributed by atoms with Gasteiger partial charge in [-0.3, -0.25) is 4.79 Å². The Bertz CT molecular complexity index is 955. The highest BCUT2D eigenvalue weighted by atomic mass is 16.5. The summed E-state index contributed by atoms with van der Waals surface area (Å²) >= 11 is 0. The summed E-state index contributed by atoms with van der Waals surface area (Å²) in [4.78, 5) is 12.7. The van der Waals surface area contributed by atoms with E-state index in [0.29, 0.717) is 30.2 Å². The van der Waals surface area contributed by atoms with Crippen molar-refractivity contribution < 1.29 is 14.3 Å². The number of hydrogen-bond acceptors (Lipinski definition) is 5. The number of fused-ring (bicyclic) bond motifs is 2. The maximum absolute atomic E-state index is 12.7. The zero-order chi connectivity index (χ0) is 18.4. The number of rotatable bonds is 2. The fourth-order valence-corrected chi connectivity index (χ4v) is 4.07. The summed E-state index contributed by atoms with van der Waals surface area (Å²) in [6, 6.07) is 9.07. The van der Waals surface area contributed by atoms with Gasteiger partial charge < -0.3 is 14.8 Å². The van der Waals surface area contributed by atoms with E-state index in [1.807, 2.05) is 12.1 Å². The number of aryl methyl sites for hydroxylation is 1. The molecule has 1 amide bonds. The first-order valence-corrected chi connectivity index (χ1v) is 9.38. The molecule has 3 aliphatic rings. The van der Waals surface area contributed by atoms with Crippen LogP contribution in [0.2, 0.25) is 0 Å². The normalized spacial score (nSPS) is 21.7. The Morgan fingerprint density at radius 2 is 2.22 bits per heavy atom. The van der Waals surface area contributed by atoms with Crippen LogP contribution in [0.15, 0.2) is 24.3 Å². The number of nitrogens with one attached hydrogen (secondary N) is 1. The highest BCUT2D eigenvalue weighted by molar-refractivity contribution is 5.92. The van der Waals surface area contributed by atoms with Crippen LogP contribution in [0.1, 0.15) is 47.3 Å². The maximum Gasteiger partial charge on any atom is 0.272 e. The molecule has 0 unspecified atom stereocenters. The molecule has 5 rings (SSSR count). The van der Waals surface area contributed by atoms with E-state index in [1.165, 1.54) is 6.42 Å². The van der Waals surface area contributed by atoms with Crippen molar-refractivity contribution in [3.63, 3.8) is 0 Å². The molecule has 0 bridgehead atoms. The summed E-state index contributed by atoms with van der Waals surface area (Å²) < 4.78 is 13.6. The van der Waals surface area contributed by atoms with Gasteiger partial charge in [0.05, 0.1) is 17.7 Å².